The van der Waals surface area contributed by atoms with E-state index in [1.807, 2.05) is 24.3 Å². The lowest BCUT2D eigenvalue weighted by molar-refractivity contribution is 0.232. The molecule has 2 aromatic rings. The van der Waals surface area contributed by atoms with E-state index < -0.39 is 6.10 Å². The fourth-order valence-electron chi connectivity index (χ4n) is 1.90. The zero-order valence-corrected chi connectivity index (χ0v) is 7.92. The van der Waals surface area contributed by atoms with Crippen molar-refractivity contribution in [3.05, 3.63) is 59.8 Å². The molecule has 0 aliphatic heterocycles. The molecule has 0 bridgehead atoms. The van der Waals surface area contributed by atoms with Gasteiger partial charge in [0.1, 0.15) is 0 Å². The van der Waals surface area contributed by atoms with E-state index in [1.54, 1.807) is 12.3 Å². The van der Waals surface area contributed by atoms with Gasteiger partial charge in [0.05, 0.1) is 12.3 Å². The normalized spacial score (nSPS) is 18.7. The summed E-state index contributed by atoms with van der Waals surface area (Å²) < 4.78 is 5.23. The van der Waals surface area contributed by atoms with Gasteiger partial charge >= 0.3 is 0 Å². The number of hydrogen-bond donors (Lipinski definition) is 1. The molecule has 3 rings (SSSR count). The standard InChI is InChI=1S/C12H9NO2/c14-11-5-10(12-6-13-7-15-12)8-3-1-2-4-9(8)11/h1-7,11,14H. The van der Waals surface area contributed by atoms with Crippen LogP contribution in [0.15, 0.2) is 47.3 Å². The Labute approximate surface area is 86.7 Å². The first kappa shape index (κ1) is 8.44. The highest BCUT2D eigenvalue weighted by Crippen LogP contribution is 2.37. The summed E-state index contributed by atoms with van der Waals surface area (Å²) >= 11 is 0. The number of aromatic nitrogens is 1. The fourth-order valence-corrected chi connectivity index (χ4v) is 1.90. The summed E-state index contributed by atoms with van der Waals surface area (Å²) in [4.78, 5) is 3.88. The highest BCUT2D eigenvalue weighted by atomic mass is 16.3. The smallest absolute Gasteiger partial charge is 0.181 e. The van der Waals surface area contributed by atoms with Crippen LogP contribution in [0.4, 0.5) is 0 Å². The molecular formula is C12H9NO2. The van der Waals surface area contributed by atoms with E-state index in [1.165, 1.54) is 6.39 Å². The first-order chi connectivity index (χ1) is 7.36. The average Bonchev–Trinajstić information content (AvgIpc) is 2.87. The van der Waals surface area contributed by atoms with Crippen LogP contribution in [-0.4, -0.2) is 10.1 Å². The van der Waals surface area contributed by atoms with Gasteiger partial charge in [-0.25, -0.2) is 4.98 Å². The van der Waals surface area contributed by atoms with Crippen molar-refractivity contribution in [2.45, 2.75) is 6.10 Å². The highest BCUT2D eigenvalue weighted by molar-refractivity contribution is 5.82. The third kappa shape index (κ3) is 1.21. The molecule has 0 saturated carbocycles. The SMILES string of the molecule is OC1C=C(c2cnco2)c2ccccc21. The molecule has 0 radical (unpaired) electrons. The predicted octanol–water partition coefficient (Wildman–Crippen LogP) is 2.15. The number of oxazole rings is 1. The van der Waals surface area contributed by atoms with Crippen molar-refractivity contribution >= 4 is 5.57 Å². The third-order valence-electron chi connectivity index (χ3n) is 2.59. The van der Waals surface area contributed by atoms with Crippen molar-refractivity contribution < 1.29 is 9.52 Å². The van der Waals surface area contributed by atoms with Gasteiger partial charge in [0.25, 0.3) is 0 Å². The molecule has 74 valence electrons. The van der Waals surface area contributed by atoms with Crippen LogP contribution in [0, 0.1) is 0 Å². The molecular weight excluding hydrogens is 190 g/mol. The summed E-state index contributed by atoms with van der Waals surface area (Å²) in [5, 5.41) is 9.81. The Kier molecular flexibility index (Phi) is 1.73. The lowest BCUT2D eigenvalue weighted by Crippen LogP contribution is -1.89. The van der Waals surface area contributed by atoms with Crippen LogP contribution in [0.25, 0.3) is 5.57 Å². The average molecular weight is 199 g/mol. The number of aliphatic hydroxyl groups excluding tert-OH is 1. The monoisotopic (exact) mass is 199 g/mol. The summed E-state index contributed by atoms with van der Waals surface area (Å²) in [7, 11) is 0. The van der Waals surface area contributed by atoms with E-state index in [0.29, 0.717) is 5.76 Å². The number of hydrogen-bond acceptors (Lipinski definition) is 3. The molecule has 1 atom stereocenters. The van der Waals surface area contributed by atoms with Crippen molar-refractivity contribution in [1.82, 2.24) is 4.98 Å². The Hall–Kier alpha value is -1.87. The summed E-state index contributed by atoms with van der Waals surface area (Å²) in [5.41, 5.74) is 2.85. The minimum atomic E-state index is -0.540. The number of rotatable bonds is 1. The van der Waals surface area contributed by atoms with Crippen molar-refractivity contribution in [2.75, 3.05) is 0 Å². The quantitative estimate of drug-likeness (QED) is 0.765. The van der Waals surface area contributed by atoms with Crippen LogP contribution in [0.1, 0.15) is 23.0 Å². The summed E-state index contributed by atoms with van der Waals surface area (Å²) in [6.07, 6.45) is 4.29. The zero-order valence-electron chi connectivity index (χ0n) is 7.92. The lowest BCUT2D eigenvalue weighted by atomic mass is 10.0. The molecule has 1 unspecified atom stereocenters. The molecule has 1 N–H and O–H groups in total. The van der Waals surface area contributed by atoms with Gasteiger partial charge in [-0.15, -0.1) is 0 Å². The second-order valence-electron chi connectivity index (χ2n) is 3.48. The third-order valence-corrected chi connectivity index (χ3v) is 2.59. The van der Waals surface area contributed by atoms with Gasteiger partial charge in [-0.3, -0.25) is 0 Å². The van der Waals surface area contributed by atoms with Crippen LogP contribution in [0.2, 0.25) is 0 Å². The number of nitrogens with zero attached hydrogens (tertiary/aromatic N) is 1. The minimum absolute atomic E-state index is 0.540. The molecule has 1 aliphatic carbocycles. The van der Waals surface area contributed by atoms with Crippen molar-refractivity contribution in [1.29, 1.82) is 0 Å². The van der Waals surface area contributed by atoms with Gasteiger partial charge in [0.2, 0.25) is 0 Å². The molecule has 3 heteroatoms. The number of fused-ring (bicyclic) bond motifs is 1. The van der Waals surface area contributed by atoms with Crippen LogP contribution in [0.3, 0.4) is 0 Å². The summed E-state index contributed by atoms with van der Waals surface area (Å²) in [6.45, 7) is 0. The maximum atomic E-state index is 9.81. The fraction of sp³-hybridized carbons (Fsp3) is 0.0833. The minimum Gasteiger partial charge on any atom is -0.444 e. The topological polar surface area (TPSA) is 46.3 Å². The number of aliphatic hydroxyl groups is 1. The van der Waals surface area contributed by atoms with E-state index in [9.17, 15) is 5.11 Å². The van der Waals surface area contributed by atoms with Gasteiger partial charge in [-0.1, -0.05) is 24.3 Å². The van der Waals surface area contributed by atoms with Gasteiger partial charge < -0.3 is 9.52 Å². The van der Waals surface area contributed by atoms with E-state index in [4.69, 9.17) is 4.42 Å². The molecule has 15 heavy (non-hydrogen) atoms. The molecule has 0 fully saturated rings. The largest absolute Gasteiger partial charge is 0.444 e. The number of benzene rings is 1. The predicted molar refractivity (Wildman–Crippen MR) is 55.0 cm³/mol. The Morgan fingerprint density at radius 3 is 2.93 bits per heavy atom. The second kappa shape index (κ2) is 3.07. The van der Waals surface area contributed by atoms with Gasteiger partial charge in [-0.2, -0.15) is 0 Å². The molecule has 3 nitrogen and oxygen atoms in total. The Balaban J connectivity index is 2.17. The Morgan fingerprint density at radius 1 is 1.27 bits per heavy atom. The summed E-state index contributed by atoms with van der Waals surface area (Å²) in [5.74, 6) is 0.694. The van der Waals surface area contributed by atoms with Crippen LogP contribution in [0.5, 0.6) is 0 Å². The van der Waals surface area contributed by atoms with E-state index in [-0.39, 0.29) is 0 Å². The van der Waals surface area contributed by atoms with Crippen LogP contribution >= 0.6 is 0 Å². The Morgan fingerprint density at radius 2 is 2.13 bits per heavy atom. The maximum Gasteiger partial charge on any atom is 0.181 e. The van der Waals surface area contributed by atoms with Gasteiger partial charge in [-0.05, 0) is 17.2 Å². The molecule has 1 aromatic heterocycles. The molecule has 0 amide bonds. The van der Waals surface area contributed by atoms with Gasteiger partial charge in [0.15, 0.2) is 12.2 Å². The summed E-state index contributed by atoms with van der Waals surface area (Å²) in [6, 6.07) is 7.75. The molecule has 0 saturated heterocycles. The molecule has 1 aromatic carbocycles. The van der Waals surface area contributed by atoms with E-state index >= 15 is 0 Å². The van der Waals surface area contributed by atoms with Crippen molar-refractivity contribution in [3.8, 4) is 0 Å². The second-order valence-corrected chi connectivity index (χ2v) is 3.48. The van der Waals surface area contributed by atoms with E-state index in [2.05, 4.69) is 4.98 Å². The van der Waals surface area contributed by atoms with Crippen LogP contribution in [-0.2, 0) is 0 Å². The molecule has 1 aliphatic rings. The highest BCUT2D eigenvalue weighted by Gasteiger charge is 2.23. The zero-order chi connectivity index (χ0) is 10.3. The van der Waals surface area contributed by atoms with Crippen molar-refractivity contribution in [2.24, 2.45) is 0 Å². The maximum absolute atomic E-state index is 9.81. The lowest BCUT2D eigenvalue weighted by Gasteiger charge is -2.02. The van der Waals surface area contributed by atoms with E-state index in [0.717, 1.165) is 16.7 Å². The van der Waals surface area contributed by atoms with Crippen molar-refractivity contribution in [3.63, 3.8) is 0 Å². The van der Waals surface area contributed by atoms with Gasteiger partial charge in [0, 0.05) is 5.57 Å². The molecule has 1 heterocycles. The van der Waals surface area contributed by atoms with Crippen LogP contribution < -0.4 is 0 Å². The first-order valence-electron chi connectivity index (χ1n) is 4.74. The Bertz CT molecular complexity index is 514. The first-order valence-corrected chi connectivity index (χ1v) is 4.74. The molecule has 0 spiro atoms.